The lowest BCUT2D eigenvalue weighted by atomic mass is 9.96. The van der Waals surface area contributed by atoms with Crippen LogP contribution >= 0.6 is 0 Å². The second kappa shape index (κ2) is 5.04. The van der Waals surface area contributed by atoms with Crippen molar-refractivity contribution >= 4 is 11.4 Å². The molecule has 100 valence electrons. The van der Waals surface area contributed by atoms with Crippen LogP contribution in [0.1, 0.15) is 12.8 Å². The number of halogens is 3. The molecule has 1 aliphatic rings. The molecule has 0 aromatic carbocycles. The van der Waals surface area contributed by atoms with Gasteiger partial charge in [0.1, 0.15) is 0 Å². The van der Waals surface area contributed by atoms with Gasteiger partial charge in [-0.3, -0.25) is 4.98 Å². The predicted molar refractivity (Wildman–Crippen MR) is 64.8 cm³/mol. The van der Waals surface area contributed by atoms with Crippen molar-refractivity contribution in [3.8, 4) is 0 Å². The number of rotatable bonds is 2. The van der Waals surface area contributed by atoms with Gasteiger partial charge in [-0.1, -0.05) is 0 Å². The van der Waals surface area contributed by atoms with Gasteiger partial charge >= 0.3 is 6.18 Å². The Morgan fingerprint density at radius 2 is 1.94 bits per heavy atom. The highest BCUT2D eigenvalue weighted by Crippen LogP contribution is 2.35. The third-order valence-electron chi connectivity index (χ3n) is 3.34. The van der Waals surface area contributed by atoms with Gasteiger partial charge in [0.2, 0.25) is 0 Å². The summed E-state index contributed by atoms with van der Waals surface area (Å²) in [5.41, 5.74) is 1.74. The maximum absolute atomic E-state index is 12.5. The monoisotopic (exact) mass is 259 g/mol. The van der Waals surface area contributed by atoms with E-state index >= 15 is 0 Å². The summed E-state index contributed by atoms with van der Waals surface area (Å²) in [7, 11) is 1.79. The summed E-state index contributed by atoms with van der Waals surface area (Å²) in [6.07, 6.45) is -0.363. The van der Waals surface area contributed by atoms with E-state index in [0.29, 0.717) is 13.1 Å². The lowest BCUT2D eigenvalue weighted by Gasteiger charge is -2.34. The number of aromatic nitrogens is 1. The van der Waals surface area contributed by atoms with Gasteiger partial charge in [-0.05, 0) is 18.9 Å². The maximum Gasteiger partial charge on any atom is 0.391 e. The molecule has 1 aromatic rings. The second-order valence-corrected chi connectivity index (χ2v) is 4.48. The molecule has 0 bridgehead atoms. The van der Waals surface area contributed by atoms with Crippen LogP contribution in [0.4, 0.5) is 24.5 Å². The fourth-order valence-electron chi connectivity index (χ4n) is 2.20. The van der Waals surface area contributed by atoms with Gasteiger partial charge in [-0.2, -0.15) is 13.2 Å². The number of nitrogens with zero attached hydrogens (tertiary/aromatic N) is 2. The van der Waals surface area contributed by atoms with Crippen LogP contribution in [0.3, 0.4) is 0 Å². The minimum absolute atomic E-state index is 0.160. The van der Waals surface area contributed by atoms with Crippen LogP contribution in [0.15, 0.2) is 18.5 Å². The second-order valence-electron chi connectivity index (χ2n) is 4.48. The Morgan fingerprint density at radius 1 is 1.28 bits per heavy atom. The van der Waals surface area contributed by atoms with Gasteiger partial charge in [0.15, 0.2) is 0 Å². The highest BCUT2D eigenvalue weighted by atomic mass is 19.4. The lowest BCUT2D eigenvalue weighted by molar-refractivity contribution is -0.179. The summed E-state index contributed by atoms with van der Waals surface area (Å²) in [4.78, 5) is 6.03. The first-order valence-corrected chi connectivity index (χ1v) is 5.95. The summed E-state index contributed by atoms with van der Waals surface area (Å²) < 4.78 is 37.6. The zero-order valence-corrected chi connectivity index (χ0v) is 10.2. The van der Waals surface area contributed by atoms with Gasteiger partial charge in [0.25, 0.3) is 0 Å². The molecular weight excluding hydrogens is 243 g/mol. The first-order valence-electron chi connectivity index (χ1n) is 5.95. The molecular formula is C12H16F3N3. The van der Waals surface area contributed by atoms with E-state index in [4.69, 9.17) is 0 Å². The molecule has 1 N–H and O–H groups in total. The number of hydrogen-bond acceptors (Lipinski definition) is 3. The largest absolute Gasteiger partial charge is 0.391 e. The van der Waals surface area contributed by atoms with Crippen molar-refractivity contribution in [2.24, 2.45) is 5.92 Å². The molecule has 6 heteroatoms. The summed E-state index contributed by atoms with van der Waals surface area (Å²) in [5.74, 6) is -1.16. The molecule has 18 heavy (non-hydrogen) atoms. The quantitative estimate of drug-likeness (QED) is 0.885. The van der Waals surface area contributed by atoms with E-state index in [1.54, 1.807) is 19.4 Å². The van der Waals surface area contributed by atoms with E-state index in [1.165, 1.54) is 0 Å². The Morgan fingerprint density at radius 3 is 2.50 bits per heavy atom. The molecule has 0 unspecified atom stereocenters. The molecule has 1 aromatic heterocycles. The van der Waals surface area contributed by atoms with Crippen LogP contribution in [0.5, 0.6) is 0 Å². The van der Waals surface area contributed by atoms with Crippen molar-refractivity contribution in [3.63, 3.8) is 0 Å². The topological polar surface area (TPSA) is 28.2 Å². The first kappa shape index (κ1) is 13.0. The van der Waals surface area contributed by atoms with E-state index in [-0.39, 0.29) is 12.8 Å². The standard InChI is InChI=1S/C12H16F3N3/c1-16-10-6-11(8-17-7-10)18-4-2-9(3-5-18)12(13,14)15/h6-9,16H,2-5H2,1H3. The first-order chi connectivity index (χ1) is 8.50. The Kier molecular flexibility index (Phi) is 3.63. The SMILES string of the molecule is CNc1cncc(N2CCC(C(F)(F)F)CC2)c1. The molecule has 0 spiro atoms. The molecule has 0 aliphatic carbocycles. The van der Waals surface area contributed by atoms with Gasteiger partial charge in [-0.15, -0.1) is 0 Å². The Hall–Kier alpha value is -1.46. The molecule has 2 heterocycles. The fraction of sp³-hybridized carbons (Fsp3) is 0.583. The van der Waals surface area contributed by atoms with Gasteiger partial charge in [0, 0.05) is 20.1 Å². The average molecular weight is 259 g/mol. The van der Waals surface area contributed by atoms with E-state index in [0.717, 1.165) is 11.4 Å². The number of anilines is 2. The molecule has 2 rings (SSSR count). The van der Waals surface area contributed by atoms with Crippen molar-refractivity contribution in [1.29, 1.82) is 0 Å². The summed E-state index contributed by atoms with van der Waals surface area (Å²) in [6.45, 7) is 0.859. The van der Waals surface area contributed by atoms with Gasteiger partial charge in [0.05, 0.1) is 29.7 Å². The van der Waals surface area contributed by atoms with Crippen molar-refractivity contribution in [2.45, 2.75) is 19.0 Å². The minimum atomic E-state index is -4.06. The maximum atomic E-state index is 12.5. The molecule has 1 saturated heterocycles. The molecule has 0 saturated carbocycles. The summed E-state index contributed by atoms with van der Waals surface area (Å²) in [5, 5.41) is 2.97. The zero-order chi connectivity index (χ0) is 13.2. The zero-order valence-electron chi connectivity index (χ0n) is 10.2. The number of nitrogens with one attached hydrogen (secondary N) is 1. The highest BCUT2D eigenvalue weighted by Gasteiger charge is 2.41. The fourth-order valence-corrected chi connectivity index (χ4v) is 2.20. The smallest absolute Gasteiger partial charge is 0.387 e. The minimum Gasteiger partial charge on any atom is -0.387 e. The number of hydrogen-bond donors (Lipinski definition) is 1. The average Bonchev–Trinajstić information content (AvgIpc) is 2.38. The summed E-state index contributed by atoms with van der Waals surface area (Å²) in [6, 6.07) is 1.90. The number of alkyl halides is 3. The molecule has 1 fully saturated rings. The van der Waals surface area contributed by atoms with Crippen molar-refractivity contribution in [1.82, 2.24) is 4.98 Å². The molecule has 0 radical (unpaired) electrons. The van der Waals surface area contributed by atoms with E-state index < -0.39 is 12.1 Å². The van der Waals surface area contributed by atoms with E-state index in [9.17, 15) is 13.2 Å². The van der Waals surface area contributed by atoms with Crippen molar-refractivity contribution in [2.75, 3.05) is 30.4 Å². The van der Waals surface area contributed by atoms with Crippen LogP contribution in [0.2, 0.25) is 0 Å². The number of piperidine rings is 1. The predicted octanol–water partition coefficient (Wildman–Crippen LogP) is 2.90. The number of pyridine rings is 1. The van der Waals surface area contributed by atoms with Gasteiger partial charge < -0.3 is 10.2 Å². The van der Waals surface area contributed by atoms with Crippen LogP contribution in [-0.4, -0.2) is 31.3 Å². The molecule has 3 nitrogen and oxygen atoms in total. The lowest BCUT2D eigenvalue weighted by Crippen LogP contribution is -2.39. The van der Waals surface area contributed by atoms with Gasteiger partial charge in [-0.25, -0.2) is 0 Å². The Bertz CT molecular complexity index is 398. The third-order valence-corrected chi connectivity index (χ3v) is 3.34. The Labute approximate surface area is 104 Å². The van der Waals surface area contributed by atoms with Crippen LogP contribution in [0, 0.1) is 5.92 Å². The van der Waals surface area contributed by atoms with Crippen molar-refractivity contribution in [3.05, 3.63) is 18.5 Å². The van der Waals surface area contributed by atoms with Crippen LogP contribution in [0.25, 0.3) is 0 Å². The van der Waals surface area contributed by atoms with Crippen LogP contribution in [-0.2, 0) is 0 Å². The molecule has 1 aliphatic heterocycles. The normalized spacial score (nSPS) is 17.9. The van der Waals surface area contributed by atoms with E-state index in [1.807, 2.05) is 11.0 Å². The summed E-state index contributed by atoms with van der Waals surface area (Å²) >= 11 is 0. The van der Waals surface area contributed by atoms with E-state index in [2.05, 4.69) is 10.3 Å². The molecule has 0 atom stereocenters. The van der Waals surface area contributed by atoms with Crippen molar-refractivity contribution < 1.29 is 13.2 Å². The van der Waals surface area contributed by atoms with Crippen LogP contribution < -0.4 is 10.2 Å². The Balaban J connectivity index is 2.01. The third kappa shape index (κ3) is 2.86. The molecule has 0 amide bonds. The highest BCUT2D eigenvalue weighted by molar-refractivity contribution is 5.55.